The van der Waals surface area contributed by atoms with Crippen molar-refractivity contribution in [2.75, 3.05) is 5.75 Å². The summed E-state index contributed by atoms with van der Waals surface area (Å²) >= 11 is 0. The summed E-state index contributed by atoms with van der Waals surface area (Å²) in [7, 11) is -3.45. The van der Waals surface area contributed by atoms with Crippen LogP contribution in [0.4, 0.5) is 0 Å². The van der Waals surface area contributed by atoms with Gasteiger partial charge in [0.25, 0.3) is 0 Å². The lowest BCUT2D eigenvalue weighted by Crippen LogP contribution is -2.46. The van der Waals surface area contributed by atoms with Crippen LogP contribution in [-0.2, 0) is 21.2 Å². The molecule has 0 bridgehead atoms. The molecule has 1 amide bonds. The third-order valence-corrected chi connectivity index (χ3v) is 4.01. The van der Waals surface area contributed by atoms with E-state index in [-0.39, 0.29) is 12.2 Å². The molecular formula is C12H18N2O3S. The third kappa shape index (κ3) is 4.85. The molecule has 0 radical (unpaired) electrons. The van der Waals surface area contributed by atoms with E-state index in [0.29, 0.717) is 6.42 Å². The van der Waals surface area contributed by atoms with E-state index in [2.05, 4.69) is 4.72 Å². The Kier molecular flexibility index (Phi) is 5.30. The van der Waals surface area contributed by atoms with Gasteiger partial charge >= 0.3 is 0 Å². The maximum Gasteiger partial charge on any atom is 0.235 e. The Morgan fingerprint density at radius 1 is 1.33 bits per heavy atom. The average Bonchev–Trinajstić information content (AvgIpc) is 2.29. The van der Waals surface area contributed by atoms with Gasteiger partial charge in [-0.15, -0.1) is 0 Å². The second kappa shape index (κ2) is 6.51. The van der Waals surface area contributed by atoms with Crippen LogP contribution in [0.2, 0.25) is 0 Å². The van der Waals surface area contributed by atoms with Crippen molar-refractivity contribution in [1.29, 1.82) is 0 Å². The van der Waals surface area contributed by atoms with Crippen LogP contribution in [0.1, 0.15) is 18.9 Å². The van der Waals surface area contributed by atoms with Gasteiger partial charge in [0.1, 0.15) is 6.04 Å². The number of carbonyl (C=O) groups excluding carboxylic acids is 1. The van der Waals surface area contributed by atoms with E-state index >= 15 is 0 Å². The molecule has 3 N–H and O–H groups in total. The van der Waals surface area contributed by atoms with Gasteiger partial charge in [-0.1, -0.05) is 37.3 Å². The molecule has 6 heteroatoms. The molecular weight excluding hydrogens is 252 g/mol. The maximum absolute atomic E-state index is 11.6. The summed E-state index contributed by atoms with van der Waals surface area (Å²) in [6.07, 6.45) is 0.755. The molecule has 0 aliphatic carbocycles. The molecule has 0 spiro atoms. The van der Waals surface area contributed by atoms with Crippen molar-refractivity contribution in [3.05, 3.63) is 35.9 Å². The van der Waals surface area contributed by atoms with E-state index in [1.165, 1.54) is 0 Å². The Labute approximate surface area is 107 Å². The topological polar surface area (TPSA) is 89.3 Å². The van der Waals surface area contributed by atoms with Crippen LogP contribution >= 0.6 is 0 Å². The van der Waals surface area contributed by atoms with Gasteiger partial charge in [0.05, 0.1) is 5.75 Å². The molecule has 0 aromatic heterocycles. The fraction of sp³-hybridized carbons (Fsp3) is 0.417. The summed E-state index contributed by atoms with van der Waals surface area (Å²) < 4.78 is 25.6. The van der Waals surface area contributed by atoms with Crippen molar-refractivity contribution < 1.29 is 13.2 Å². The van der Waals surface area contributed by atoms with E-state index < -0.39 is 22.0 Å². The molecule has 0 unspecified atom stereocenters. The van der Waals surface area contributed by atoms with Crippen LogP contribution in [0, 0.1) is 0 Å². The van der Waals surface area contributed by atoms with E-state index in [9.17, 15) is 13.2 Å². The quantitative estimate of drug-likeness (QED) is 0.752. The first-order chi connectivity index (χ1) is 8.44. The highest BCUT2D eigenvalue weighted by Gasteiger charge is 2.21. The highest BCUT2D eigenvalue weighted by Crippen LogP contribution is 2.04. The molecule has 5 nitrogen and oxygen atoms in total. The van der Waals surface area contributed by atoms with E-state index in [1.807, 2.05) is 30.3 Å². The van der Waals surface area contributed by atoms with Crippen LogP contribution in [0.15, 0.2) is 30.3 Å². The minimum atomic E-state index is -3.45. The molecule has 100 valence electrons. The van der Waals surface area contributed by atoms with Crippen LogP contribution in [0.5, 0.6) is 0 Å². The number of primary amides is 1. The van der Waals surface area contributed by atoms with Gasteiger partial charge in [0, 0.05) is 0 Å². The van der Waals surface area contributed by atoms with Crippen LogP contribution < -0.4 is 10.5 Å². The Hall–Kier alpha value is -1.40. The first kappa shape index (κ1) is 14.7. The number of rotatable bonds is 7. The lowest BCUT2D eigenvalue weighted by Gasteiger charge is -2.15. The number of hydrogen-bond donors (Lipinski definition) is 2. The molecule has 0 aliphatic heterocycles. The van der Waals surface area contributed by atoms with Gasteiger partial charge in [-0.05, 0) is 18.4 Å². The van der Waals surface area contributed by atoms with Crippen molar-refractivity contribution in [1.82, 2.24) is 4.72 Å². The number of nitrogens with one attached hydrogen (secondary N) is 1. The van der Waals surface area contributed by atoms with E-state index in [0.717, 1.165) is 5.56 Å². The zero-order valence-corrected chi connectivity index (χ0v) is 11.1. The maximum atomic E-state index is 11.6. The number of hydrogen-bond acceptors (Lipinski definition) is 3. The lowest BCUT2D eigenvalue weighted by molar-refractivity contribution is -0.119. The molecule has 1 rings (SSSR count). The predicted molar refractivity (Wildman–Crippen MR) is 70.3 cm³/mol. The molecule has 0 fully saturated rings. The number of sulfonamides is 1. The van der Waals surface area contributed by atoms with E-state index in [1.54, 1.807) is 6.92 Å². The SMILES string of the molecule is CCCS(=O)(=O)N[C@@H](Cc1ccccc1)C(N)=O. The van der Waals surface area contributed by atoms with E-state index in [4.69, 9.17) is 5.73 Å². The van der Waals surface area contributed by atoms with Gasteiger partial charge in [0.2, 0.25) is 15.9 Å². The normalized spacial score (nSPS) is 13.2. The third-order valence-electron chi connectivity index (χ3n) is 2.42. The number of benzene rings is 1. The van der Waals surface area contributed by atoms with Gasteiger partial charge in [-0.2, -0.15) is 0 Å². The minimum absolute atomic E-state index is 0.00836. The first-order valence-electron chi connectivity index (χ1n) is 5.78. The Bertz CT molecular complexity index is 485. The van der Waals surface area contributed by atoms with Crippen molar-refractivity contribution in [3.63, 3.8) is 0 Å². The van der Waals surface area contributed by atoms with Crippen molar-refractivity contribution in [2.24, 2.45) is 5.73 Å². The predicted octanol–water partition coefficient (Wildman–Crippen LogP) is 0.412. The number of carbonyl (C=O) groups is 1. The summed E-state index contributed by atoms with van der Waals surface area (Å²) in [5.41, 5.74) is 6.08. The monoisotopic (exact) mass is 270 g/mol. The van der Waals surface area contributed by atoms with Crippen LogP contribution in [0.25, 0.3) is 0 Å². The Balaban J connectivity index is 2.76. The summed E-state index contributed by atoms with van der Waals surface area (Å²) in [6.45, 7) is 1.76. The first-order valence-corrected chi connectivity index (χ1v) is 7.43. The van der Waals surface area contributed by atoms with Gasteiger partial charge in [0.15, 0.2) is 0 Å². The summed E-state index contributed by atoms with van der Waals surface area (Å²) in [5.74, 6) is -0.676. The van der Waals surface area contributed by atoms with Crippen molar-refractivity contribution >= 4 is 15.9 Å². The smallest absolute Gasteiger partial charge is 0.235 e. The molecule has 0 saturated carbocycles. The fourth-order valence-corrected chi connectivity index (χ4v) is 2.88. The summed E-state index contributed by atoms with van der Waals surface area (Å²) in [4.78, 5) is 11.3. The highest BCUT2D eigenvalue weighted by atomic mass is 32.2. The zero-order chi connectivity index (χ0) is 13.6. The molecule has 0 heterocycles. The van der Waals surface area contributed by atoms with Gasteiger partial charge in [-0.3, -0.25) is 4.79 Å². The average molecular weight is 270 g/mol. The molecule has 18 heavy (non-hydrogen) atoms. The Morgan fingerprint density at radius 3 is 2.44 bits per heavy atom. The van der Waals surface area contributed by atoms with Gasteiger partial charge < -0.3 is 5.73 Å². The number of amides is 1. The van der Waals surface area contributed by atoms with Crippen molar-refractivity contribution in [3.8, 4) is 0 Å². The largest absolute Gasteiger partial charge is 0.368 e. The minimum Gasteiger partial charge on any atom is -0.368 e. The second-order valence-corrected chi connectivity index (χ2v) is 5.95. The van der Waals surface area contributed by atoms with Crippen LogP contribution in [0.3, 0.4) is 0 Å². The standard InChI is InChI=1S/C12H18N2O3S/c1-2-8-18(16,17)14-11(12(13)15)9-10-6-4-3-5-7-10/h3-7,11,14H,2,8-9H2,1H3,(H2,13,15)/t11-/m0/s1. The van der Waals surface area contributed by atoms with Gasteiger partial charge in [-0.25, -0.2) is 13.1 Å². The second-order valence-electron chi connectivity index (χ2n) is 4.08. The van der Waals surface area contributed by atoms with Crippen LogP contribution in [-0.4, -0.2) is 26.1 Å². The Morgan fingerprint density at radius 2 is 1.94 bits per heavy atom. The molecule has 1 atom stereocenters. The summed E-state index contributed by atoms with van der Waals surface area (Å²) in [6, 6.07) is 8.25. The lowest BCUT2D eigenvalue weighted by atomic mass is 10.1. The summed E-state index contributed by atoms with van der Waals surface area (Å²) in [5, 5.41) is 0. The molecule has 0 aliphatic rings. The number of nitrogens with two attached hydrogens (primary N) is 1. The van der Waals surface area contributed by atoms with Crippen molar-refractivity contribution in [2.45, 2.75) is 25.8 Å². The highest BCUT2D eigenvalue weighted by molar-refractivity contribution is 7.89. The molecule has 1 aromatic rings. The molecule has 1 aromatic carbocycles. The fourth-order valence-electron chi connectivity index (χ4n) is 1.59. The zero-order valence-electron chi connectivity index (χ0n) is 10.3. The molecule has 0 saturated heterocycles.